The summed E-state index contributed by atoms with van der Waals surface area (Å²) in [6.07, 6.45) is 8.36. The van der Waals surface area contributed by atoms with E-state index in [1.165, 1.54) is 30.2 Å². The van der Waals surface area contributed by atoms with E-state index in [1.807, 2.05) is 0 Å². The minimum atomic E-state index is 0.431. The summed E-state index contributed by atoms with van der Waals surface area (Å²) >= 11 is 3.52. The standard InChI is InChI=1S/C8H11BrO/c9-6-4-2-1-3-5-7-8(6)10-7/h4,7-8H,1-3,5H2/b6-4+/t7-,8+/m1/s1. The van der Waals surface area contributed by atoms with Crippen LogP contribution in [0.5, 0.6) is 0 Å². The van der Waals surface area contributed by atoms with Gasteiger partial charge in [0.25, 0.3) is 0 Å². The second-order valence-corrected chi connectivity index (χ2v) is 3.88. The van der Waals surface area contributed by atoms with Gasteiger partial charge in [-0.3, -0.25) is 0 Å². The van der Waals surface area contributed by atoms with Crippen LogP contribution >= 0.6 is 15.9 Å². The van der Waals surface area contributed by atoms with Gasteiger partial charge in [0.1, 0.15) is 6.10 Å². The Bertz CT molecular complexity index is 165. The normalized spacial score (nSPS) is 44.3. The molecule has 0 unspecified atom stereocenters. The molecule has 0 bridgehead atoms. The van der Waals surface area contributed by atoms with Gasteiger partial charge >= 0.3 is 0 Å². The van der Waals surface area contributed by atoms with Crippen molar-refractivity contribution in [2.24, 2.45) is 0 Å². The van der Waals surface area contributed by atoms with E-state index in [0.29, 0.717) is 12.2 Å². The van der Waals surface area contributed by atoms with E-state index in [4.69, 9.17) is 4.74 Å². The van der Waals surface area contributed by atoms with Crippen molar-refractivity contribution in [1.29, 1.82) is 0 Å². The minimum Gasteiger partial charge on any atom is -0.364 e. The summed E-state index contributed by atoms with van der Waals surface area (Å²) in [6, 6.07) is 0. The molecule has 0 radical (unpaired) electrons. The summed E-state index contributed by atoms with van der Waals surface area (Å²) < 4.78 is 6.71. The largest absolute Gasteiger partial charge is 0.364 e. The Hall–Kier alpha value is 0.180. The highest BCUT2D eigenvalue weighted by Crippen LogP contribution is 2.37. The van der Waals surface area contributed by atoms with Crippen LogP contribution in [0.25, 0.3) is 0 Å². The van der Waals surface area contributed by atoms with Gasteiger partial charge in [-0.2, -0.15) is 0 Å². The second kappa shape index (κ2) is 2.67. The number of allylic oxidation sites excluding steroid dienone is 1. The molecule has 1 heterocycles. The van der Waals surface area contributed by atoms with Crippen LogP contribution < -0.4 is 0 Å². The zero-order chi connectivity index (χ0) is 6.97. The first kappa shape index (κ1) is 6.86. The average molecular weight is 203 g/mol. The molecule has 0 aromatic rings. The molecule has 0 spiro atoms. The minimum absolute atomic E-state index is 0.431. The van der Waals surface area contributed by atoms with Gasteiger partial charge in [-0.1, -0.05) is 28.4 Å². The van der Waals surface area contributed by atoms with E-state index in [-0.39, 0.29) is 0 Å². The predicted octanol–water partition coefficient (Wildman–Crippen LogP) is 2.61. The van der Waals surface area contributed by atoms with Crippen LogP contribution in [0.4, 0.5) is 0 Å². The highest BCUT2D eigenvalue weighted by atomic mass is 79.9. The molecule has 0 aromatic carbocycles. The van der Waals surface area contributed by atoms with Crippen molar-refractivity contribution in [3.63, 3.8) is 0 Å². The summed E-state index contributed by atoms with van der Waals surface area (Å²) in [6.45, 7) is 0. The van der Waals surface area contributed by atoms with Crippen molar-refractivity contribution < 1.29 is 4.74 Å². The summed E-state index contributed by atoms with van der Waals surface area (Å²) in [5.41, 5.74) is 0. The average Bonchev–Trinajstić information content (AvgIpc) is 2.62. The topological polar surface area (TPSA) is 12.5 Å². The molecule has 2 rings (SSSR count). The van der Waals surface area contributed by atoms with Crippen LogP contribution in [-0.2, 0) is 4.74 Å². The second-order valence-electron chi connectivity index (χ2n) is 2.97. The Balaban J connectivity index is 2.04. The molecule has 56 valence electrons. The lowest BCUT2D eigenvalue weighted by molar-refractivity contribution is 0.375. The number of hydrogen-bond donors (Lipinski definition) is 0. The smallest absolute Gasteiger partial charge is 0.115 e. The molecule has 2 aliphatic rings. The molecule has 10 heavy (non-hydrogen) atoms. The molecule has 0 aromatic heterocycles. The fourth-order valence-electron chi connectivity index (χ4n) is 1.45. The van der Waals surface area contributed by atoms with Crippen LogP contribution in [0.3, 0.4) is 0 Å². The molecular weight excluding hydrogens is 192 g/mol. The maximum Gasteiger partial charge on any atom is 0.115 e. The van der Waals surface area contributed by atoms with Crippen molar-refractivity contribution in [2.45, 2.75) is 37.9 Å². The third-order valence-corrected chi connectivity index (χ3v) is 2.91. The first-order valence-electron chi connectivity index (χ1n) is 3.89. The van der Waals surface area contributed by atoms with Gasteiger partial charge in [-0.05, 0) is 19.3 Å². The Morgan fingerprint density at radius 1 is 1.50 bits per heavy atom. The summed E-state index contributed by atoms with van der Waals surface area (Å²) in [4.78, 5) is 0. The van der Waals surface area contributed by atoms with E-state index in [0.717, 1.165) is 0 Å². The zero-order valence-electron chi connectivity index (χ0n) is 5.85. The molecule has 1 nitrogen and oxygen atoms in total. The van der Waals surface area contributed by atoms with Crippen molar-refractivity contribution in [3.05, 3.63) is 10.6 Å². The number of ether oxygens (including phenoxy) is 1. The molecule has 2 atom stereocenters. The highest BCUT2D eigenvalue weighted by Gasteiger charge is 2.40. The molecular formula is C8H11BrO. The van der Waals surface area contributed by atoms with Crippen LogP contribution in [0, 0.1) is 0 Å². The lowest BCUT2D eigenvalue weighted by Crippen LogP contribution is -1.96. The first-order valence-corrected chi connectivity index (χ1v) is 4.68. The highest BCUT2D eigenvalue weighted by molar-refractivity contribution is 9.11. The number of fused-ring (bicyclic) bond motifs is 1. The third kappa shape index (κ3) is 1.28. The monoisotopic (exact) mass is 202 g/mol. The molecule has 1 aliphatic carbocycles. The quantitative estimate of drug-likeness (QED) is 0.551. The summed E-state index contributed by atoms with van der Waals surface area (Å²) in [5.74, 6) is 0. The Kier molecular flexibility index (Phi) is 1.83. The fourth-order valence-corrected chi connectivity index (χ4v) is 2.08. The van der Waals surface area contributed by atoms with E-state index < -0.39 is 0 Å². The molecule has 0 N–H and O–H groups in total. The Labute approximate surface area is 69.6 Å². The van der Waals surface area contributed by atoms with Crippen molar-refractivity contribution in [2.75, 3.05) is 0 Å². The van der Waals surface area contributed by atoms with Gasteiger partial charge in [0.05, 0.1) is 6.10 Å². The number of halogens is 1. The SMILES string of the molecule is Br/C1=C/CCCC[C@H]2O[C@@H]12. The van der Waals surface area contributed by atoms with Gasteiger partial charge in [0.2, 0.25) is 0 Å². The maximum atomic E-state index is 5.43. The number of rotatable bonds is 0. The van der Waals surface area contributed by atoms with Gasteiger partial charge in [0.15, 0.2) is 0 Å². The van der Waals surface area contributed by atoms with Crippen molar-refractivity contribution >= 4 is 15.9 Å². The third-order valence-electron chi connectivity index (χ3n) is 2.14. The first-order chi connectivity index (χ1) is 4.88. The number of hydrogen-bond acceptors (Lipinski definition) is 1. The Morgan fingerprint density at radius 2 is 2.40 bits per heavy atom. The molecule has 1 saturated heterocycles. The number of epoxide rings is 1. The van der Waals surface area contributed by atoms with Gasteiger partial charge in [0, 0.05) is 4.48 Å². The lowest BCUT2D eigenvalue weighted by Gasteiger charge is -2.00. The van der Waals surface area contributed by atoms with Gasteiger partial charge in [-0.25, -0.2) is 0 Å². The predicted molar refractivity (Wildman–Crippen MR) is 44.1 cm³/mol. The molecule has 1 aliphatic heterocycles. The molecule has 2 heteroatoms. The summed E-state index contributed by atoms with van der Waals surface area (Å²) in [7, 11) is 0. The summed E-state index contributed by atoms with van der Waals surface area (Å²) in [5, 5.41) is 0. The molecule has 1 fully saturated rings. The lowest BCUT2D eigenvalue weighted by atomic mass is 10.1. The van der Waals surface area contributed by atoms with Crippen LogP contribution in [0.2, 0.25) is 0 Å². The van der Waals surface area contributed by atoms with E-state index in [1.54, 1.807) is 0 Å². The van der Waals surface area contributed by atoms with Crippen LogP contribution in [-0.4, -0.2) is 12.2 Å². The van der Waals surface area contributed by atoms with Gasteiger partial charge < -0.3 is 4.74 Å². The van der Waals surface area contributed by atoms with Crippen LogP contribution in [0.1, 0.15) is 25.7 Å². The molecule has 0 saturated carbocycles. The van der Waals surface area contributed by atoms with Crippen molar-refractivity contribution in [1.82, 2.24) is 0 Å². The van der Waals surface area contributed by atoms with Crippen molar-refractivity contribution in [3.8, 4) is 0 Å². The molecule has 0 amide bonds. The fraction of sp³-hybridized carbons (Fsp3) is 0.750. The Morgan fingerprint density at radius 3 is 3.30 bits per heavy atom. The van der Waals surface area contributed by atoms with E-state index >= 15 is 0 Å². The van der Waals surface area contributed by atoms with E-state index in [2.05, 4.69) is 22.0 Å². The maximum absolute atomic E-state index is 5.43. The van der Waals surface area contributed by atoms with E-state index in [9.17, 15) is 0 Å². The van der Waals surface area contributed by atoms with Gasteiger partial charge in [-0.15, -0.1) is 0 Å². The zero-order valence-corrected chi connectivity index (χ0v) is 7.43. The van der Waals surface area contributed by atoms with Crippen LogP contribution in [0.15, 0.2) is 10.6 Å².